The van der Waals surface area contributed by atoms with Gasteiger partial charge >= 0.3 is 0 Å². The summed E-state index contributed by atoms with van der Waals surface area (Å²) in [4.78, 5) is 0. The number of hydrogen-bond acceptors (Lipinski definition) is 0. The van der Waals surface area contributed by atoms with Crippen molar-refractivity contribution in [2.24, 2.45) is 0 Å². The first kappa shape index (κ1) is 15.4. The van der Waals surface area contributed by atoms with Crippen LogP contribution in [0, 0.1) is 0 Å². The molecule has 0 aromatic rings. The van der Waals surface area contributed by atoms with Crippen LogP contribution in [0.1, 0.15) is 0 Å². The zero-order valence-corrected chi connectivity index (χ0v) is 19.5. The molecule has 0 N–H and O–H groups in total. The van der Waals surface area contributed by atoms with E-state index in [4.69, 9.17) is 0 Å². The molecule has 96 valence electrons. The van der Waals surface area contributed by atoms with Crippen LogP contribution in [0.25, 0.3) is 0 Å². The first-order valence-electron chi connectivity index (χ1n) is 6.81. The van der Waals surface area contributed by atoms with Crippen molar-refractivity contribution in [3.63, 3.8) is 0 Å². The predicted molar refractivity (Wildman–Crippen MR) is 96.0 cm³/mol. The van der Waals surface area contributed by atoms with Crippen molar-refractivity contribution in [3.8, 4) is 0 Å². The van der Waals surface area contributed by atoms with Gasteiger partial charge in [0.15, 0.2) is 0 Å². The van der Waals surface area contributed by atoms with Crippen LogP contribution in [0.15, 0.2) is 0 Å². The summed E-state index contributed by atoms with van der Waals surface area (Å²) in [5.74, 6) is 0. The maximum absolute atomic E-state index is 2.82. The van der Waals surface area contributed by atoms with E-state index in [0.29, 0.717) is 0 Å². The molecule has 0 atom stereocenters. The van der Waals surface area contributed by atoms with Crippen LogP contribution in [-0.2, 0) is 0 Å². The second-order valence-electron chi connectivity index (χ2n) is 8.33. The number of rotatable bonds is 0. The van der Waals surface area contributed by atoms with E-state index in [-0.39, 0.29) is 15.7 Å². The van der Waals surface area contributed by atoms with Crippen molar-refractivity contribution in [1.82, 2.24) is 0 Å². The summed E-state index contributed by atoms with van der Waals surface area (Å²) in [5, 5.41) is 0. The molecule has 0 aromatic heterocycles. The monoisotopic (exact) mass is 320 g/mol. The van der Waals surface area contributed by atoms with Gasteiger partial charge in [-0.3, -0.25) is 0 Å². The third kappa shape index (κ3) is 1.67. The molecule has 1 heterocycles. The second kappa shape index (κ2) is 3.90. The van der Waals surface area contributed by atoms with Crippen LogP contribution in [-0.4, -0.2) is 44.1 Å². The van der Waals surface area contributed by atoms with Crippen molar-refractivity contribution >= 4 is 44.1 Å². The summed E-state index contributed by atoms with van der Waals surface area (Å²) in [5.41, 5.74) is 0. The van der Waals surface area contributed by atoms with Gasteiger partial charge < -0.3 is 0 Å². The summed E-state index contributed by atoms with van der Waals surface area (Å²) in [6.45, 7) is 28.2. The molecule has 0 saturated carbocycles. The molecule has 1 saturated heterocycles. The molecular weight excluding hydrogens is 289 g/mol. The van der Waals surface area contributed by atoms with E-state index in [1.165, 1.54) is 0 Å². The minimum atomic E-state index is -0.773. The maximum Gasteiger partial charge on any atom is 0.0269 e. The molecule has 0 aliphatic carbocycles. The molecule has 0 amide bonds. The van der Waals surface area contributed by atoms with Crippen molar-refractivity contribution in [1.29, 1.82) is 0 Å². The van der Waals surface area contributed by atoms with Crippen LogP contribution >= 0.6 is 0 Å². The predicted octanol–water partition coefficient (Wildman–Crippen LogP) is 3.02. The quantitative estimate of drug-likeness (QED) is 0.602. The van der Waals surface area contributed by atoms with Gasteiger partial charge in [-0.15, -0.1) is 0 Å². The molecule has 1 rings (SSSR count). The van der Waals surface area contributed by atoms with Gasteiger partial charge in [0.2, 0.25) is 0 Å². The lowest BCUT2D eigenvalue weighted by atomic mass is 11.9. The van der Waals surface area contributed by atoms with Gasteiger partial charge in [0, 0.05) is 44.1 Å². The molecule has 0 radical (unpaired) electrons. The fourth-order valence-electron chi connectivity index (χ4n) is 4.04. The molecule has 1 aliphatic heterocycles. The minimum Gasteiger partial charge on any atom is -0.0760 e. The minimum absolute atomic E-state index is 0.365. The zero-order chi connectivity index (χ0) is 13.2. The first-order chi connectivity index (χ1) is 6.81. The highest BCUT2D eigenvalue weighted by atomic mass is 30.2. The highest BCUT2D eigenvalue weighted by Crippen LogP contribution is 2.41. The molecule has 0 aromatic carbocycles. The molecule has 0 nitrogen and oxygen atoms in total. The van der Waals surface area contributed by atoms with Crippen LogP contribution in [0.4, 0.5) is 0 Å². The Bertz CT molecular complexity index is 236. The Morgan fingerprint density at radius 2 is 0.562 bits per heavy atom. The van der Waals surface area contributed by atoms with Crippen molar-refractivity contribution in [2.45, 2.75) is 65.5 Å². The standard InChI is InChI=1S/C10H32Si6/c1-11-13(3,4)15(7,8)12(2)16(9,10)14(11,5)6/h11-12H,1-10H3. The topological polar surface area (TPSA) is 0 Å². The summed E-state index contributed by atoms with van der Waals surface area (Å²) >= 11 is 0. The highest BCUT2D eigenvalue weighted by Gasteiger charge is 2.66. The van der Waals surface area contributed by atoms with Crippen LogP contribution < -0.4 is 0 Å². The van der Waals surface area contributed by atoms with E-state index in [1.807, 2.05) is 0 Å². The van der Waals surface area contributed by atoms with E-state index in [9.17, 15) is 0 Å². The molecular formula is C10H32Si6. The SMILES string of the molecule is C[SiH]1[Si](C)(C)[Si](C)(C)[SiH](C)[Si](C)(C)[Si]1(C)C. The van der Waals surface area contributed by atoms with Gasteiger partial charge in [-0.2, -0.15) is 0 Å². The van der Waals surface area contributed by atoms with Crippen LogP contribution in [0.5, 0.6) is 0 Å². The fourth-order valence-corrected chi connectivity index (χ4v) is 241. The lowest BCUT2D eigenvalue weighted by molar-refractivity contribution is 1.80. The van der Waals surface area contributed by atoms with Gasteiger partial charge in [-0.1, -0.05) is 65.5 Å². The smallest absolute Gasteiger partial charge is 0.0269 e. The average Bonchev–Trinajstić information content (AvgIpc) is 2.13. The molecule has 0 spiro atoms. The number of hydrogen-bond donors (Lipinski definition) is 0. The molecule has 6 heteroatoms. The maximum atomic E-state index is 2.82. The molecule has 0 bridgehead atoms. The summed E-state index contributed by atoms with van der Waals surface area (Å²) < 4.78 is 0. The van der Waals surface area contributed by atoms with E-state index in [0.717, 1.165) is 0 Å². The normalized spacial score (nSPS) is 39.4. The Kier molecular flexibility index (Phi) is 3.74. The Hall–Kier alpha value is 1.30. The summed E-state index contributed by atoms with van der Waals surface area (Å²) in [7, 11) is -3.82. The van der Waals surface area contributed by atoms with Crippen molar-refractivity contribution in [2.75, 3.05) is 0 Å². The molecule has 1 aliphatic rings. The lowest BCUT2D eigenvalue weighted by Gasteiger charge is -2.64. The van der Waals surface area contributed by atoms with Gasteiger partial charge in [-0.25, -0.2) is 0 Å². The summed E-state index contributed by atoms with van der Waals surface area (Å²) in [6.07, 6.45) is 0. The third-order valence-electron chi connectivity index (χ3n) is 7.65. The Labute approximate surface area is 109 Å². The summed E-state index contributed by atoms with van der Waals surface area (Å²) in [6, 6.07) is 0. The van der Waals surface area contributed by atoms with E-state index in [1.54, 1.807) is 0 Å². The van der Waals surface area contributed by atoms with E-state index in [2.05, 4.69) is 65.5 Å². The second-order valence-corrected chi connectivity index (χ2v) is 78.6. The van der Waals surface area contributed by atoms with Gasteiger partial charge in [-0.05, 0) is 0 Å². The molecule has 1 fully saturated rings. The first-order valence-corrected chi connectivity index (χ1v) is 30.4. The Morgan fingerprint density at radius 3 is 0.688 bits per heavy atom. The van der Waals surface area contributed by atoms with Crippen LogP contribution in [0.3, 0.4) is 0 Å². The molecule has 16 heavy (non-hydrogen) atoms. The lowest BCUT2D eigenvalue weighted by Crippen LogP contribution is -2.92. The molecule has 0 unspecified atom stereocenters. The largest absolute Gasteiger partial charge is 0.0760 e. The Morgan fingerprint density at radius 1 is 0.438 bits per heavy atom. The van der Waals surface area contributed by atoms with Gasteiger partial charge in [0.1, 0.15) is 0 Å². The van der Waals surface area contributed by atoms with Gasteiger partial charge in [0.05, 0.1) is 0 Å². The Balaban J connectivity index is 3.39. The average molecular weight is 321 g/mol. The van der Waals surface area contributed by atoms with E-state index >= 15 is 0 Å². The highest BCUT2D eigenvalue weighted by molar-refractivity contribution is 8.07. The van der Waals surface area contributed by atoms with Crippen molar-refractivity contribution in [3.05, 3.63) is 0 Å². The zero-order valence-electron chi connectivity index (χ0n) is 13.2. The van der Waals surface area contributed by atoms with Crippen LogP contribution in [0.2, 0.25) is 65.5 Å². The van der Waals surface area contributed by atoms with Gasteiger partial charge in [0.25, 0.3) is 0 Å². The third-order valence-corrected chi connectivity index (χ3v) is 154. The van der Waals surface area contributed by atoms with E-state index < -0.39 is 28.4 Å². The van der Waals surface area contributed by atoms with Crippen molar-refractivity contribution < 1.29 is 0 Å². The fraction of sp³-hybridized carbons (Fsp3) is 1.00.